The Bertz CT molecular complexity index is 749. The zero-order chi connectivity index (χ0) is 14.9. The predicted octanol–water partition coefficient (Wildman–Crippen LogP) is 4.27. The Balaban J connectivity index is 1.88. The van der Waals surface area contributed by atoms with Crippen molar-refractivity contribution >= 4 is 17.2 Å². The van der Waals surface area contributed by atoms with Crippen molar-refractivity contribution in [2.24, 2.45) is 0 Å². The molecule has 3 nitrogen and oxygen atoms in total. The van der Waals surface area contributed by atoms with E-state index >= 15 is 0 Å². The Morgan fingerprint density at radius 2 is 1.59 bits per heavy atom. The number of ketones is 1. The van der Waals surface area contributed by atoms with E-state index in [2.05, 4.69) is 34.9 Å². The van der Waals surface area contributed by atoms with E-state index in [9.17, 15) is 4.79 Å². The number of anilines is 2. The normalized spacial score (nSPS) is 20.4. The Morgan fingerprint density at radius 3 is 2.41 bits per heavy atom. The molecule has 2 N–H and O–H groups in total. The molecule has 4 rings (SSSR count). The first-order chi connectivity index (χ1) is 10.8. The monoisotopic (exact) mass is 290 g/mol. The van der Waals surface area contributed by atoms with Gasteiger partial charge >= 0.3 is 0 Å². The fraction of sp³-hybridized carbons (Fsp3) is 0.211. The molecule has 0 spiro atoms. The maximum absolute atomic E-state index is 12.6. The van der Waals surface area contributed by atoms with Crippen LogP contribution in [0.3, 0.4) is 0 Å². The molecule has 2 aromatic rings. The summed E-state index contributed by atoms with van der Waals surface area (Å²) in [5, 5.41) is 7.05. The second kappa shape index (κ2) is 5.34. The van der Waals surface area contributed by atoms with Crippen LogP contribution in [0.5, 0.6) is 0 Å². The molecule has 0 aromatic heterocycles. The lowest BCUT2D eigenvalue weighted by molar-refractivity contribution is -0.116. The summed E-state index contributed by atoms with van der Waals surface area (Å²) in [5.41, 5.74) is 5.18. The number of rotatable bonds is 1. The maximum Gasteiger partial charge on any atom is 0.163 e. The minimum Gasteiger partial charge on any atom is -0.372 e. The highest BCUT2D eigenvalue weighted by atomic mass is 16.1. The van der Waals surface area contributed by atoms with E-state index in [0.717, 1.165) is 41.1 Å². The van der Waals surface area contributed by atoms with E-state index in [0.29, 0.717) is 6.42 Å². The predicted molar refractivity (Wildman–Crippen MR) is 88.8 cm³/mol. The molecular weight excluding hydrogens is 272 g/mol. The van der Waals surface area contributed by atoms with Gasteiger partial charge in [-0.2, -0.15) is 0 Å². The van der Waals surface area contributed by atoms with Gasteiger partial charge in [-0.05, 0) is 30.5 Å². The number of benzene rings is 2. The molecular formula is C19H18N2O. The summed E-state index contributed by atoms with van der Waals surface area (Å²) in [6, 6.07) is 18.3. The number of carbonyl (C=O) groups excluding carboxylic acids is 1. The number of carbonyl (C=O) groups is 1. The van der Waals surface area contributed by atoms with Crippen molar-refractivity contribution in [3.63, 3.8) is 0 Å². The minimum atomic E-state index is -0.0832. The molecule has 0 radical (unpaired) electrons. The molecule has 0 amide bonds. The molecule has 2 aliphatic rings. The first kappa shape index (κ1) is 13.1. The lowest BCUT2D eigenvalue weighted by Gasteiger charge is -2.25. The van der Waals surface area contributed by atoms with Crippen LogP contribution in [0.2, 0.25) is 0 Å². The molecule has 0 saturated carbocycles. The van der Waals surface area contributed by atoms with Crippen molar-refractivity contribution in [2.45, 2.75) is 25.3 Å². The van der Waals surface area contributed by atoms with Crippen LogP contribution in [0.1, 0.15) is 30.9 Å². The Labute approximate surface area is 130 Å². The first-order valence-corrected chi connectivity index (χ1v) is 7.77. The fourth-order valence-corrected chi connectivity index (χ4v) is 3.33. The summed E-state index contributed by atoms with van der Waals surface area (Å²) >= 11 is 0. The molecule has 0 saturated heterocycles. The molecule has 2 aromatic carbocycles. The molecule has 1 atom stereocenters. The van der Waals surface area contributed by atoms with Gasteiger partial charge in [-0.15, -0.1) is 0 Å². The number of allylic oxidation sites excluding steroid dienone is 1. The maximum atomic E-state index is 12.6. The second-order valence-corrected chi connectivity index (χ2v) is 5.83. The van der Waals surface area contributed by atoms with Crippen molar-refractivity contribution in [3.05, 3.63) is 71.4 Å². The van der Waals surface area contributed by atoms with Crippen LogP contribution in [0.4, 0.5) is 11.4 Å². The number of hydrogen-bond donors (Lipinski definition) is 2. The van der Waals surface area contributed by atoms with E-state index in [-0.39, 0.29) is 11.8 Å². The largest absolute Gasteiger partial charge is 0.372 e. The summed E-state index contributed by atoms with van der Waals surface area (Å²) in [4.78, 5) is 12.6. The van der Waals surface area contributed by atoms with Crippen LogP contribution in [0.15, 0.2) is 65.9 Å². The SMILES string of the molecule is O=C1CCCC2=C1C(c1ccccc1)Nc1ccccc1N2. The van der Waals surface area contributed by atoms with Gasteiger partial charge in [0.1, 0.15) is 0 Å². The number of hydrogen-bond acceptors (Lipinski definition) is 3. The summed E-state index contributed by atoms with van der Waals surface area (Å²) in [5.74, 6) is 0.253. The summed E-state index contributed by atoms with van der Waals surface area (Å²) < 4.78 is 0. The van der Waals surface area contributed by atoms with E-state index < -0.39 is 0 Å². The number of para-hydroxylation sites is 2. The molecule has 1 heterocycles. The van der Waals surface area contributed by atoms with Gasteiger partial charge in [0.25, 0.3) is 0 Å². The number of Topliss-reactive ketones (excluding diaryl/α,β-unsaturated/α-hetero) is 1. The quantitative estimate of drug-likeness (QED) is 0.824. The van der Waals surface area contributed by atoms with Crippen LogP contribution < -0.4 is 10.6 Å². The minimum absolute atomic E-state index is 0.0832. The van der Waals surface area contributed by atoms with Crippen molar-refractivity contribution in [3.8, 4) is 0 Å². The summed E-state index contributed by atoms with van der Waals surface area (Å²) in [6.45, 7) is 0. The van der Waals surface area contributed by atoms with Crippen molar-refractivity contribution in [1.82, 2.24) is 0 Å². The van der Waals surface area contributed by atoms with Gasteiger partial charge in [0.15, 0.2) is 5.78 Å². The van der Waals surface area contributed by atoms with Crippen molar-refractivity contribution < 1.29 is 4.79 Å². The highest BCUT2D eigenvalue weighted by Crippen LogP contribution is 2.40. The van der Waals surface area contributed by atoms with Crippen LogP contribution in [0, 0.1) is 0 Å². The van der Waals surface area contributed by atoms with Crippen LogP contribution in [-0.2, 0) is 4.79 Å². The van der Waals surface area contributed by atoms with Gasteiger partial charge in [-0.3, -0.25) is 4.79 Å². The zero-order valence-electron chi connectivity index (χ0n) is 12.3. The molecule has 22 heavy (non-hydrogen) atoms. The first-order valence-electron chi connectivity index (χ1n) is 7.77. The average molecular weight is 290 g/mol. The summed E-state index contributed by atoms with van der Waals surface area (Å²) in [6.07, 6.45) is 2.50. The van der Waals surface area contributed by atoms with Gasteiger partial charge < -0.3 is 10.6 Å². The Kier molecular flexibility index (Phi) is 3.19. The van der Waals surface area contributed by atoms with Crippen molar-refractivity contribution in [1.29, 1.82) is 0 Å². The molecule has 0 bridgehead atoms. The lowest BCUT2D eigenvalue weighted by atomic mass is 9.87. The molecule has 1 aliphatic heterocycles. The van der Waals surface area contributed by atoms with Crippen LogP contribution >= 0.6 is 0 Å². The molecule has 1 unspecified atom stereocenters. The highest BCUT2D eigenvalue weighted by molar-refractivity contribution is 6.00. The Morgan fingerprint density at radius 1 is 0.864 bits per heavy atom. The second-order valence-electron chi connectivity index (χ2n) is 5.83. The third-order valence-electron chi connectivity index (χ3n) is 4.39. The third kappa shape index (κ3) is 2.19. The standard InChI is InChI=1S/C19H18N2O/c22-17-12-6-11-16-18(17)19(13-7-2-1-3-8-13)21-15-10-5-4-9-14(15)20-16/h1-5,7-10,19-21H,6,11-12H2. The third-order valence-corrected chi connectivity index (χ3v) is 4.39. The zero-order valence-corrected chi connectivity index (χ0v) is 12.3. The van der Waals surface area contributed by atoms with Gasteiger partial charge in [-0.1, -0.05) is 42.5 Å². The average Bonchev–Trinajstić information content (AvgIpc) is 2.73. The smallest absolute Gasteiger partial charge is 0.163 e. The number of fused-ring (bicyclic) bond motifs is 1. The van der Waals surface area contributed by atoms with E-state index in [1.807, 2.05) is 30.3 Å². The Hall–Kier alpha value is -2.55. The summed E-state index contributed by atoms with van der Waals surface area (Å²) in [7, 11) is 0. The van der Waals surface area contributed by atoms with Crippen LogP contribution in [0.25, 0.3) is 0 Å². The molecule has 110 valence electrons. The molecule has 0 fully saturated rings. The highest BCUT2D eigenvalue weighted by Gasteiger charge is 2.31. The van der Waals surface area contributed by atoms with Crippen LogP contribution in [-0.4, -0.2) is 5.78 Å². The molecule has 1 aliphatic carbocycles. The topological polar surface area (TPSA) is 41.1 Å². The van der Waals surface area contributed by atoms with Crippen molar-refractivity contribution in [2.75, 3.05) is 10.6 Å². The van der Waals surface area contributed by atoms with E-state index in [1.165, 1.54) is 0 Å². The van der Waals surface area contributed by atoms with Gasteiger partial charge in [0.2, 0.25) is 0 Å². The van der Waals surface area contributed by atoms with E-state index in [1.54, 1.807) is 0 Å². The lowest BCUT2D eigenvalue weighted by Crippen LogP contribution is -2.23. The number of nitrogens with one attached hydrogen (secondary N) is 2. The van der Waals surface area contributed by atoms with Gasteiger partial charge in [0, 0.05) is 17.7 Å². The van der Waals surface area contributed by atoms with Gasteiger partial charge in [0.05, 0.1) is 17.4 Å². The molecule has 3 heteroatoms. The van der Waals surface area contributed by atoms with Gasteiger partial charge in [-0.25, -0.2) is 0 Å². The fourth-order valence-electron chi connectivity index (χ4n) is 3.33. The van der Waals surface area contributed by atoms with E-state index in [4.69, 9.17) is 0 Å².